The molecule has 5 heteroatoms. The second-order valence-electron chi connectivity index (χ2n) is 3.69. The van der Waals surface area contributed by atoms with E-state index < -0.39 is 0 Å². The van der Waals surface area contributed by atoms with E-state index in [-0.39, 0.29) is 22.9 Å². The molecule has 0 spiro atoms. The van der Waals surface area contributed by atoms with Crippen molar-refractivity contribution < 1.29 is 14.7 Å². The summed E-state index contributed by atoms with van der Waals surface area (Å²) in [6, 6.07) is 4.71. The summed E-state index contributed by atoms with van der Waals surface area (Å²) in [4.78, 5) is 17.2. The number of hydroxylamine groups is 2. The van der Waals surface area contributed by atoms with Crippen LogP contribution in [-0.2, 0) is 4.84 Å². The molecule has 0 aromatic heterocycles. The van der Waals surface area contributed by atoms with Crippen LogP contribution in [0.3, 0.4) is 0 Å². The fourth-order valence-corrected chi connectivity index (χ4v) is 1.63. The highest BCUT2D eigenvalue weighted by Crippen LogP contribution is 2.26. The first-order valence-corrected chi connectivity index (χ1v) is 5.22. The van der Waals surface area contributed by atoms with Gasteiger partial charge in [-0.1, -0.05) is 6.07 Å². The molecule has 2 rings (SSSR count). The van der Waals surface area contributed by atoms with Crippen LogP contribution in [0.2, 0.25) is 0 Å². The predicted octanol–water partition coefficient (Wildman–Crippen LogP) is 1.14. The van der Waals surface area contributed by atoms with Crippen molar-refractivity contribution in [1.29, 1.82) is 0 Å². The summed E-state index contributed by atoms with van der Waals surface area (Å²) in [5, 5.41) is 10.9. The second-order valence-corrected chi connectivity index (χ2v) is 3.69. The minimum atomic E-state index is -0.343. The predicted molar refractivity (Wildman–Crippen MR) is 58.7 cm³/mol. The number of aromatic hydroxyl groups is 1. The molecule has 3 N–H and O–H groups in total. The van der Waals surface area contributed by atoms with Crippen LogP contribution in [0, 0.1) is 0 Å². The third-order valence-electron chi connectivity index (χ3n) is 2.53. The minimum Gasteiger partial charge on any atom is -0.505 e. The summed E-state index contributed by atoms with van der Waals surface area (Å²) in [6.45, 7) is 1.09. The molecule has 0 bridgehead atoms. The Labute approximate surface area is 93.4 Å². The van der Waals surface area contributed by atoms with E-state index in [2.05, 4.69) is 0 Å². The number of nitrogen functional groups attached to an aromatic ring is 1. The molecule has 0 unspecified atom stereocenters. The topological polar surface area (TPSA) is 75.8 Å². The van der Waals surface area contributed by atoms with Gasteiger partial charge >= 0.3 is 0 Å². The van der Waals surface area contributed by atoms with Crippen molar-refractivity contribution in [2.75, 3.05) is 18.9 Å². The Balaban J connectivity index is 2.22. The molecule has 1 aromatic carbocycles. The van der Waals surface area contributed by atoms with E-state index in [1.165, 1.54) is 11.1 Å². The lowest BCUT2D eigenvalue weighted by Crippen LogP contribution is -2.35. The molecule has 1 heterocycles. The number of para-hydroxylation sites is 1. The normalized spacial score (nSPS) is 16.1. The van der Waals surface area contributed by atoms with Crippen LogP contribution < -0.4 is 5.73 Å². The number of hydrogen-bond donors (Lipinski definition) is 2. The lowest BCUT2D eigenvalue weighted by atomic mass is 10.1. The van der Waals surface area contributed by atoms with E-state index in [0.717, 1.165) is 12.8 Å². The van der Waals surface area contributed by atoms with Gasteiger partial charge in [-0.15, -0.1) is 0 Å². The molecular weight excluding hydrogens is 208 g/mol. The van der Waals surface area contributed by atoms with E-state index in [4.69, 9.17) is 10.6 Å². The highest BCUT2D eigenvalue weighted by atomic mass is 16.7. The number of benzene rings is 1. The number of nitrogens with two attached hydrogens (primary N) is 1. The van der Waals surface area contributed by atoms with Crippen molar-refractivity contribution in [2.45, 2.75) is 12.8 Å². The van der Waals surface area contributed by atoms with E-state index in [9.17, 15) is 9.90 Å². The molecule has 0 saturated carbocycles. The van der Waals surface area contributed by atoms with Crippen LogP contribution in [0.5, 0.6) is 5.75 Å². The van der Waals surface area contributed by atoms with Gasteiger partial charge in [0, 0.05) is 6.54 Å². The zero-order valence-electron chi connectivity index (χ0n) is 8.85. The van der Waals surface area contributed by atoms with E-state index in [0.29, 0.717) is 13.2 Å². The highest BCUT2D eigenvalue weighted by molar-refractivity contribution is 5.97. The van der Waals surface area contributed by atoms with Crippen LogP contribution in [0.4, 0.5) is 5.69 Å². The largest absolute Gasteiger partial charge is 0.505 e. The first-order chi connectivity index (χ1) is 7.70. The lowest BCUT2D eigenvalue weighted by Gasteiger charge is -2.26. The Bertz CT molecular complexity index is 400. The van der Waals surface area contributed by atoms with Gasteiger partial charge in [-0.05, 0) is 25.0 Å². The summed E-state index contributed by atoms with van der Waals surface area (Å²) in [5.41, 5.74) is 5.91. The molecule has 1 amide bonds. The highest BCUT2D eigenvalue weighted by Gasteiger charge is 2.22. The van der Waals surface area contributed by atoms with Crippen LogP contribution in [0.25, 0.3) is 0 Å². The molecular formula is C11H14N2O3. The molecule has 5 nitrogen and oxygen atoms in total. The van der Waals surface area contributed by atoms with Gasteiger partial charge in [0.2, 0.25) is 0 Å². The first-order valence-electron chi connectivity index (χ1n) is 5.22. The second kappa shape index (κ2) is 4.40. The SMILES string of the molecule is Nc1cccc(C(=O)N2CCCCO2)c1O. The average Bonchev–Trinajstić information content (AvgIpc) is 2.33. The summed E-state index contributed by atoms with van der Waals surface area (Å²) >= 11 is 0. The lowest BCUT2D eigenvalue weighted by molar-refractivity contribution is -0.144. The smallest absolute Gasteiger partial charge is 0.281 e. The minimum absolute atomic E-state index is 0.179. The number of anilines is 1. The summed E-state index contributed by atoms with van der Waals surface area (Å²) in [5.74, 6) is -0.522. The third kappa shape index (κ3) is 1.94. The molecule has 16 heavy (non-hydrogen) atoms. The number of phenols is 1. The molecule has 1 aliphatic heterocycles. The molecule has 1 saturated heterocycles. The van der Waals surface area contributed by atoms with Crippen LogP contribution in [-0.4, -0.2) is 29.2 Å². The van der Waals surface area contributed by atoms with Crippen molar-refractivity contribution in [3.63, 3.8) is 0 Å². The van der Waals surface area contributed by atoms with Gasteiger partial charge in [0.1, 0.15) is 0 Å². The third-order valence-corrected chi connectivity index (χ3v) is 2.53. The quantitative estimate of drug-likeness (QED) is 0.552. The summed E-state index contributed by atoms with van der Waals surface area (Å²) in [7, 11) is 0. The number of hydrogen-bond acceptors (Lipinski definition) is 4. The molecule has 0 atom stereocenters. The Kier molecular flexibility index (Phi) is 2.96. The van der Waals surface area contributed by atoms with Crippen molar-refractivity contribution >= 4 is 11.6 Å². The van der Waals surface area contributed by atoms with E-state index in [1.54, 1.807) is 12.1 Å². The fourth-order valence-electron chi connectivity index (χ4n) is 1.63. The number of carbonyl (C=O) groups excluding carboxylic acids is 1. The van der Waals surface area contributed by atoms with Crippen molar-refractivity contribution in [2.24, 2.45) is 0 Å². The Morgan fingerprint density at radius 1 is 1.44 bits per heavy atom. The van der Waals surface area contributed by atoms with Gasteiger partial charge in [0.15, 0.2) is 5.75 Å². The molecule has 0 aliphatic carbocycles. The maximum atomic E-state index is 12.0. The van der Waals surface area contributed by atoms with Gasteiger partial charge in [-0.2, -0.15) is 0 Å². The Hall–Kier alpha value is -1.75. The van der Waals surface area contributed by atoms with Crippen molar-refractivity contribution in [3.8, 4) is 5.75 Å². The Morgan fingerprint density at radius 3 is 2.94 bits per heavy atom. The zero-order chi connectivity index (χ0) is 11.5. The van der Waals surface area contributed by atoms with Gasteiger partial charge in [-0.25, -0.2) is 5.06 Å². The van der Waals surface area contributed by atoms with E-state index in [1.807, 2.05) is 0 Å². The number of carbonyl (C=O) groups is 1. The van der Waals surface area contributed by atoms with Crippen LogP contribution >= 0.6 is 0 Å². The fraction of sp³-hybridized carbons (Fsp3) is 0.364. The number of phenolic OH excluding ortho intramolecular Hbond substituents is 1. The molecule has 0 radical (unpaired) electrons. The van der Waals surface area contributed by atoms with Gasteiger partial charge in [-0.3, -0.25) is 9.63 Å². The maximum absolute atomic E-state index is 12.0. The molecule has 1 fully saturated rings. The Morgan fingerprint density at radius 2 is 2.25 bits per heavy atom. The van der Waals surface area contributed by atoms with Crippen molar-refractivity contribution in [3.05, 3.63) is 23.8 Å². The van der Waals surface area contributed by atoms with E-state index >= 15 is 0 Å². The van der Waals surface area contributed by atoms with Crippen molar-refractivity contribution in [1.82, 2.24) is 5.06 Å². The average molecular weight is 222 g/mol. The first kappa shape index (κ1) is 10.8. The molecule has 86 valence electrons. The van der Waals surface area contributed by atoms with Crippen LogP contribution in [0.15, 0.2) is 18.2 Å². The van der Waals surface area contributed by atoms with Crippen LogP contribution in [0.1, 0.15) is 23.2 Å². The van der Waals surface area contributed by atoms with Gasteiger partial charge in [0.05, 0.1) is 17.9 Å². The monoisotopic (exact) mass is 222 g/mol. The number of rotatable bonds is 1. The summed E-state index contributed by atoms with van der Waals surface area (Å²) < 4.78 is 0. The molecule has 1 aromatic rings. The van der Waals surface area contributed by atoms with Gasteiger partial charge < -0.3 is 10.8 Å². The molecule has 1 aliphatic rings. The zero-order valence-corrected chi connectivity index (χ0v) is 8.85. The standard InChI is InChI=1S/C11H14N2O3/c12-9-5-3-4-8(10(9)14)11(15)13-6-1-2-7-16-13/h3-5,14H,1-2,6-7,12H2. The summed E-state index contributed by atoms with van der Waals surface area (Å²) in [6.07, 6.45) is 1.86. The maximum Gasteiger partial charge on any atom is 0.281 e. The van der Waals surface area contributed by atoms with Gasteiger partial charge in [0.25, 0.3) is 5.91 Å². The number of nitrogens with zero attached hydrogens (tertiary/aromatic N) is 1. The number of amides is 1.